The van der Waals surface area contributed by atoms with Gasteiger partial charge in [0.15, 0.2) is 5.82 Å². The van der Waals surface area contributed by atoms with E-state index in [1.165, 1.54) is 0 Å². The number of amides is 1. The Labute approximate surface area is 133 Å². The van der Waals surface area contributed by atoms with Gasteiger partial charge in [-0.2, -0.15) is 0 Å². The van der Waals surface area contributed by atoms with Crippen LogP contribution in [-0.4, -0.2) is 27.0 Å². The van der Waals surface area contributed by atoms with Crippen molar-refractivity contribution in [2.24, 2.45) is 11.8 Å². The number of nitrogens with zero attached hydrogens (tertiary/aromatic N) is 2. The lowest BCUT2D eigenvalue weighted by atomic mass is 9.73. The molecule has 1 aliphatic carbocycles. The predicted octanol–water partition coefficient (Wildman–Crippen LogP) is 2.50. The Hall–Kier alpha value is -2.76. The van der Waals surface area contributed by atoms with E-state index in [1.807, 2.05) is 25.1 Å². The van der Waals surface area contributed by atoms with Crippen molar-refractivity contribution < 1.29 is 14.7 Å². The number of hydrogen-bond acceptors (Lipinski definition) is 4. The molecule has 1 fully saturated rings. The monoisotopic (exact) mass is 311 g/mol. The van der Waals surface area contributed by atoms with Crippen LogP contribution < -0.4 is 5.32 Å². The van der Waals surface area contributed by atoms with Crippen LogP contribution in [0.5, 0.6) is 0 Å². The highest BCUT2D eigenvalue weighted by molar-refractivity contribution is 5.96. The van der Waals surface area contributed by atoms with Crippen molar-refractivity contribution in [3.63, 3.8) is 0 Å². The highest BCUT2D eigenvalue weighted by Gasteiger charge is 2.41. The molecule has 1 saturated carbocycles. The van der Waals surface area contributed by atoms with E-state index in [4.69, 9.17) is 5.11 Å². The fourth-order valence-corrected chi connectivity index (χ4v) is 2.63. The molecule has 1 heterocycles. The molecule has 0 saturated heterocycles. The Morgan fingerprint density at radius 1 is 1.13 bits per heavy atom. The largest absolute Gasteiger partial charge is 0.481 e. The van der Waals surface area contributed by atoms with Gasteiger partial charge in [-0.15, -0.1) is 0 Å². The third-order valence-electron chi connectivity index (χ3n) is 4.13. The van der Waals surface area contributed by atoms with Crippen molar-refractivity contribution in [2.45, 2.75) is 19.8 Å². The number of benzene rings is 1. The van der Waals surface area contributed by atoms with Gasteiger partial charge in [0.2, 0.25) is 5.91 Å². The molecule has 0 aliphatic heterocycles. The quantitative estimate of drug-likeness (QED) is 0.905. The molecule has 2 N–H and O–H groups in total. The van der Waals surface area contributed by atoms with E-state index in [1.54, 1.807) is 18.3 Å². The molecule has 118 valence electrons. The Kier molecular flexibility index (Phi) is 4.06. The topological polar surface area (TPSA) is 92.2 Å². The number of carboxylic acid groups (broad SMARTS) is 1. The first-order valence-electron chi connectivity index (χ1n) is 7.48. The molecule has 0 bridgehead atoms. The third-order valence-corrected chi connectivity index (χ3v) is 4.13. The average Bonchev–Trinajstić information content (AvgIpc) is 2.46. The van der Waals surface area contributed by atoms with Gasteiger partial charge in [-0.1, -0.05) is 0 Å². The minimum atomic E-state index is -0.900. The Morgan fingerprint density at radius 2 is 1.83 bits per heavy atom. The van der Waals surface area contributed by atoms with Crippen LogP contribution in [-0.2, 0) is 9.59 Å². The first kappa shape index (κ1) is 15.1. The van der Waals surface area contributed by atoms with Crippen LogP contribution >= 0.6 is 0 Å². The SMILES string of the molecule is Cc1ccnc(-c2ccc(NC(=O)C3CCC3C(=O)O)cc2)n1. The molecule has 1 amide bonds. The molecule has 2 unspecified atom stereocenters. The normalized spacial score (nSPS) is 19.7. The molecule has 6 heteroatoms. The Balaban J connectivity index is 1.68. The van der Waals surface area contributed by atoms with Gasteiger partial charge in [0.1, 0.15) is 0 Å². The van der Waals surface area contributed by atoms with Crippen LogP contribution in [0.4, 0.5) is 5.69 Å². The van der Waals surface area contributed by atoms with Gasteiger partial charge in [0.05, 0.1) is 11.8 Å². The van der Waals surface area contributed by atoms with E-state index in [9.17, 15) is 9.59 Å². The maximum Gasteiger partial charge on any atom is 0.307 e. The molecule has 23 heavy (non-hydrogen) atoms. The van der Waals surface area contributed by atoms with Crippen LogP contribution in [0.2, 0.25) is 0 Å². The number of aliphatic carboxylic acids is 1. The number of aryl methyl sites for hydroxylation is 1. The average molecular weight is 311 g/mol. The number of nitrogens with one attached hydrogen (secondary N) is 1. The van der Waals surface area contributed by atoms with Crippen LogP contribution in [0, 0.1) is 18.8 Å². The van der Waals surface area contributed by atoms with Crippen LogP contribution in [0.1, 0.15) is 18.5 Å². The molecular formula is C17H17N3O3. The summed E-state index contributed by atoms with van der Waals surface area (Å²) in [6, 6.07) is 9.04. The summed E-state index contributed by atoms with van der Waals surface area (Å²) >= 11 is 0. The molecule has 1 aliphatic rings. The van der Waals surface area contributed by atoms with Gasteiger partial charge in [0.25, 0.3) is 0 Å². The summed E-state index contributed by atoms with van der Waals surface area (Å²) in [5.41, 5.74) is 2.39. The third kappa shape index (κ3) is 3.21. The predicted molar refractivity (Wildman–Crippen MR) is 84.7 cm³/mol. The zero-order chi connectivity index (χ0) is 16.4. The summed E-state index contributed by atoms with van der Waals surface area (Å²) < 4.78 is 0. The molecule has 0 radical (unpaired) electrons. The number of hydrogen-bond donors (Lipinski definition) is 2. The second kappa shape index (κ2) is 6.16. The zero-order valence-electron chi connectivity index (χ0n) is 12.7. The zero-order valence-corrected chi connectivity index (χ0v) is 12.7. The van der Waals surface area contributed by atoms with E-state index >= 15 is 0 Å². The number of rotatable bonds is 4. The van der Waals surface area contributed by atoms with Crippen LogP contribution in [0.3, 0.4) is 0 Å². The summed E-state index contributed by atoms with van der Waals surface area (Å²) in [5.74, 6) is -1.50. The van der Waals surface area contributed by atoms with Gasteiger partial charge < -0.3 is 10.4 Å². The van der Waals surface area contributed by atoms with Gasteiger partial charge in [-0.3, -0.25) is 9.59 Å². The lowest BCUT2D eigenvalue weighted by Gasteiger charge is -2.31. The van der Waals surface area contributed by atoms with Crippen LogP contribution in [0.15, 0.2) is 36.5 Å². The molecular weight excluding hydrogens is 294 g/mol. The first-order chi connectivity index (χ1) is 11.0. The summed E-state index contributed by atoms with van der Waals surface area (Å²) in [6.45, 7) is 1.90. The second-order valence-electron chi connectivity index (χ2n) is 5.72. The Bertz CT molecular complexity index is 743. The second-order valence-corrected chi connectivity index (χ2v) is 5.72. The van der Waals surface area contributed by atoms with Crippen molar-refractivity contribution >= 4 is 17.6 Å². The smallest absolute Gasteiger partial charge is 0.307 e. The number of anilines is 1. The summed E-state index contributed by atoms with van der Waals surface area (Å²) in [6.07, 6.45) is 2.89. The van der Waals surface area contributed by atoms with E-state index in [-0.39, 0.29) is 5.91 Å². The highest BCUT2D eigenvalue weighted by Crippen LogP contribution is 2.35. The molecule has 2 aromatic rings. The number of aromatic nitrogens is 2. The van der Waals surface area contributed by atoms with E-state index in [0.29, 0.717) is 24.4 Å². The molecule has 1 aromatic carbocycles. The van der Waals surface area contributed by atoms with Gasteiger partial charge >= 0.3 is 5.97 Å². The van der Waals surface area contributed by atoms with Gasteiger partial charge in [-0.25, -0.2) is 9.97 Å². The molecule has 3 rings (SSSR count). The minimum absolute atomic E-state index is 0.233. The molecule has 2 atom stereocenters. The maximum absolute atomic E-state index is 12.1. The summed E-state index contributed by atoms with van der Waals surface area (Å²) in [5, 5.41) is 11.8. The van der Waals surface area contributed by atoms with Crippen molar-refractivity contribution in [3.05, 3.63) is 42.2 Å². The van der Waals surface area contributed by atoms with E-state index in [2.05, 4.69) is 15.3 Å². The number of carbonyl (C=O) groups is 2. The fourth-order valence-electron chi connectivity index (χ4n) is 2.63. The maximum atomic E-state index is 12.1. The standard InChI is InChI=1S/C17H17N3O3/c1-10-8-9-18-15(19-10)11-2-4-12(5-3-11)20-16(21)13-6-7-14(13)17(22)23/h2-5,8-9,13-14H,6-7H2,1H3,(H,20,21)(H,22,23). The van der Waals surface area contributed by atoms with Gasteiger partial charge in [-0.05, 0) is 50.1 Å². The molecule has 0 spiro atoms. The van der Waals surface area contributed by atoms with Crippen molar-refractivity contribution in [1.29, 1.82) is 0 Å². The van der Waals surface area contributed by atoms with Crippen LogP contribution in [0.25, 0.3) is 11.4 Å². The van der Waals surface area contributed by atoms with E-state index < -0.39 is 17.8 Å². The summed E-state index contributed by atoms with van der Waals surface area (Å²) in [7, 11) is 0. The highest BCUT2D eigenvalue weighted by atomic mass is 16.4. The minimum Gasteiger partial charge on any atom is -0.481 e. The van der Waals surface area contributed by atoms with Crippen molar-refractivity contribution in [3.8, 4) is 11.4 Å². The van der Waals surface area contributed by atoms with E-state index in [0.717, 1.165) is 11.3 Å². The summed E-state index contributed by atoms with van der Waals surface area (Å²) in [4.78, 5) is 31.7. The molecule has 6 nitrogen and oxygen atoms in total. The van der Waals surface area contributed by atoms with Crippen molar-refractivity contribution in [1.82, 2.24) is 9.97 Å². The van der Waals surface area contributed by atoms with Crippen molar-refractivity contribution in [2.75, 3.05) is 5.32 Å². The lowest BCUT2D eigenvalue weighted by Crippen LogP contribution is -2.41. The first-order valence-corrected chi connectivity index (χ1v) is 7.48. The molecule has 1 aromatic heterocycles. The number of carbonyl (C=O) groups excluding carboxylic acids is 1. The number of carboxylic acids is 1. The lowest BCUT2D eigenvalue weighted by molar-refractivity contribution is -0.151. The Morgan fingerprint density at radius 3 is 2.39 bits per heavy atom. The van der Waals surface area contributed by atoms with Gasteiger partial charge in [0, 0.05) is 23.1 Å². The fraction of sp³-hybridized carbons (Fsp3) is 0.294.